The van der Waals surface area contributed by atoms with E-state index in [9.17, 15) is 9.90 Å². The Labute approximate surface area is 103 Å². The van der Waals surface area contributed by atoms with E-state index in [1.54, 1.807) is 0 Å². The molecule has 2 aliphatic heterocycles. The molecule has 2 fully saturated rings. The summed E-state index contributed by atoms with van der Waals surface area (Å²) < 4.78 is 5.42. The highest BCUT2D eigenvalue weighted by molar-refractivity contribution is 5.75. The molecule has 0 bridgehead atoms. The van der Waals surface area contributed by atoms with Gasteiger partial charge in [0.2, 0.25) is 0 Å². The first kappa shape index (κ1) is 12.8. The van der Waals surface area contributed by atoms with Crippen molar-refractivity contribution in [3.05, 3.63) is 0 Å². The van der Waals surface area contributed by atoms with Crippen LogP contribution in [0.25, 0.3) is 0 Å². The van der Waals surface area contributed by atoms with Crippen LogP contribution in [0.4, 0.5) is 0 Å². The van der Waals surface area contributed by atoms with Crippen molar-refractivity contribution in [1.29, 1.82) is 0 Å². The lowest BCUT2D eigenvalue weighted by Crippen LogP contribution is -2.52. The molecule has 0 aliphatic carbocycles. The van der Waals surface area contributed by atoms with Gasteiger partial charge in [0.15, 0.2) is 0 Å². The monoisotopic (exact) mass is 241 g/mol. The number of ether oxygens (including phenoxy) is 1. The number of carbonyl (C=O) groups is 1. The third-order valence-corrected chi connectivity index (χ3v) is 4.34. The third-order valence-electron chi connectivity index (χ3n) is 4.34. The van der Waals surface area contributed by atoms with Crippen molar-refractivity contribution in [1.82, 2.24) is 4.90 Å². The van der Waals surface area contributed by atoms with Crippen molar-refractivity contribution in [2.24, 2.45) is 5.41 Å². The van der Waals surface area contributed by atoms with Gasteiger partial charge in [-0.25, -0.2) is 0 Å². The predicted octanol–water partition coefficient (Wildman–Crippen LogP) is 1.74. The van der Waals surface area contributed by atoms with Gasteiger partial charge in [-0.1, -0.05) is 0 Å². The number of carboxylic acid groups (broad SMARTS) is 1. The molecule has 0 aromatic rings. The van der Waals surface area contributed by atoms with Crippen LogP contribution in [0.3, 0.4) is 0 Å². The summed E-state index contributed by atoms with van der Waals surface area (Å²) in [5, 5.41) is 9.51. The normalized spacial score (nSPS) is 33.8. The first-order valence-electron chi connectivity index (χ1n) is 6.53. The molecule has 17 heavy (non-hydrogen) atoms. The summed E-state index contributed by atoms with van der Waals surface area (Å²) in [6.07, 6.45) is 3.93. The molecule has 0 amide bonds. The van der Waals surface area contributed by atoms with Crippen molar-refractivity contribution < 1.29 is 14.6 Å². The highest BCUT2D eigenvalue weighted by atomic mass is 16.5. The Kier molecular flexibility index (Phi) is 3.46. The predicted molar refractivity (Wildman–Crippen MR) is 65.0 cm³/mol. The molecule has 0 radical (unpaired) electrons. The number of rotatable bonds is 3. The summed E-state index contributed by atoms with van der Waals surface area (Å²) in [7, 11) is 0. The fourth-order valence-electron chi connectivity index (χ4n) is 3.04. The molecule has 0 spiro atoms. The topological polar surface area (TPSA) is 49.8 Å². The summed E-state index contributed by atoms with van der Waals surface area (Å²) in [5.74, 6) is -0.695. The van der Waals surface area contributed by atoms with Crippen LogP contribution in [0.15, 0.2) is 0 Å². The summed E-state index contributed by atoms with van der Waals surface area (Å²) in [5.41, 5.74) is -0.542. The van der Waals surface area contributed by atoms with Gasteiger partial charge in [-0.3, -0.25) is 9.69 Å². The SMILES string of the molecule is CC1(C)CCCN1CC1(C(=O)O)CCCOC1. The molecule has 98 valence electrons. The average molecular weight is 241 g/mol. The van der Waals surface area contributed by atoms with Gasteiger partial charge in [-0.05, 0) is 46.1 Å². The summed E-state index contributed by atoms with van der Waals surface area (Å²) in [6, 6.07) is 0. The van der Waals surface area contributed by atoms with Crippen molar-refractivity contribution in [3.8, 4) is 0 Å². The molecule has 4 heteroatoms. The zero-order valence-corrected chi connectivity index (χ0v) is 10.9. The van der Waals surface area contributed by atoms with Crippen LogP contribution >= 0.6 is 0 Å². The van der Waals surface area contributed by atoms with E-state index >= 15 is 0 Å². The smallest absolute Gasteiger partial charge is 0.313 e. The van der Waals surface area contributed by atoms with E-state index in [0.717, 1.165) is 25.8 Å². The van der Waals surface area contributed by atoms with Crippen molar-refractivity contribution in [2.45, 2.75) is 45.1 Å². The molecule has 4 nitrogen and oxygen atoms in total. The maximum absolute atomic E-state index is 11.6. The number of likely N-dealkylation sites (tertiary alicyclic amines) is 1. The Hall–Kier alpha value is -0.610. The molecule has 1 N–H and O–H groups in total. The fourth-order valence-corrected chi connectivity index (χ4v) is 3.04. The lowest BCUT2D eigenvalue weighted by molar-refractivity contribution is -0.160. The number of hydrogen-bond donors (Lipinski definition) is 1. The van der Waals surface area contributed by atoms with Gasteiger partial charge >= 0.3 is 5.97 Å². The van der Waals surface area contributed by atoms with Crippen molar-refractivity contribution in [3.63, 3.8) is 0 Å². The van der Waals surface area contributed by atoms with Crippen molar-refractivity contribution in [2.75, 3.05) is 26.3 Å². The van der Waals surface area contributed by atoms with Crippen LogP contribution in [0.2, 0.25) is 0 Å². The van der Waals surface area contributed by atoms with E-state index < -0.39 is 11.4 Å². The first-order chi connectivity index (χ1) is 7.96. The molecule has 0 aromatic heterocycles. The van der Waals surface area contributed by atoms with E-state index in [0.29, 0.717) is 19.8 Å². The quantitative estimate of drug-likeness (QED) is 0.817. The second-order valence-corrected chi connectivity index (χ2v) is 6.08. The molecule has 2 saturated heterocycles. The number of carboxylic acids is 1. The van der Waals surface area contributed by atoms with Crippen LogP contribution < -0.4 is 0 Å². The van der Waals surface area contributed by atoms with Crippen LogP contribution in [0, 0.1) is 5.41 Å². The van der Waals surface area contributed by atoms with E-state index in [1.165, 1.54) is 6.42 Å². The highest BCUT2D eigenvalue weighted by Gasteiger charge is 2.45. The molecule has 0 aromatic carbocycles. The summed E-state index contributed by atoms with van der Waals surface area (Å²) in [4.78, 5) is 13.9. The van der Waals surface area contributed by atoms with Crippen LogP contribution in [-0.4, -0.2) is 47.8 Å². The maximum atomic E-state index is 11.6. The minimum atomic E-state index is -0.695. The second kappa shape index (κ2) is 4.58. The summed E-state index contributed by atoms with van der Waals surface area (Å²) in [6.45, 7) is 7.14. The van der Waals surface area contributed by atoms with E-state index in [2.05, 4.69) is 18.7 Å². The molecule has 1 unspecified atom stereocenters. The minimum Gasteiger partial charge on any atom is -0.481 e. The lowest BCUT2D eigenvalue weighted by atomic mass is 9.81. The summed E-state index contributed by atoms with van der Waals surface area (Å²) >= 11 is 0. The van der Waals surface area contributed by atoms with Gasteiger partial charge in [0.1, 0.15) is 5.41 Å². The molecule has 2 rings (SSSR count). The standard InChI is InChI=1S/C13H23NO3/c1-12(2)5-3-7-14(12)9-13(11(15)16)6-4-8-17-10-13/h3-10H2,1-2H3,(H,15,16). The Balaban J connectivity index is 2.10. The van der Waals surface area contributed by atoms with Gasteiger partial charge in [0, 0.05) is 18.7 Å². The molecule has 1 atom stereocenters. The minimum absolute atomic E-state index is 0.139. The molecular formula is C13H23NO3. The fraction of sp³-hybridized carbons (Fsp3) is 0.923. The Morgan fingerprint density at radius 2 is 2.12 bits per heavy atom. The Morgan fingerprint density at radius 1 is 1.35 bits per heavy atom. The van der Waals surface area contributed by atoms with Crippen LogP contribution in [0.5, 0.6) is 0 Å². The van der Waals surface area contributed by atoms with E-state index in [1.807, 2.05) is 0 Å². The Morgan fingerprint density at radius 3 is 2.59 bits per heavy atom. The first-order valence-corrected chi connectivity index (χ1v) is 6.53. The zero-order valence-electron chi connectivity index (χ0n) is 10.9. The largest absolute Gasteiger partial charge is 0.481 e. The third kappa shape index (κ3) is 2.47. The van der Waals surface area contributed by atoms with Crippen LogP contribution in [-0.2, 0) is 9.53 Å². The maximum Gasteiger partial charge on any atom is 0.313 e. The number of aliphatic carboxylic acids is 1. The van der Waals surface area contributed by atoms with Crippen molar-refractivity contribution >= 4 is 5.97 Å². The van der Waals surface area contributed by atoms with E-state index in [-0.39, 0.29) is 5.54 Å². The van der Waals surface area contributed by atoms with Gasteiger partial charge in [-0.2, -0.15) is 0 Å². The zero-order chi connectivity index (χ0) is 12.5. The van der Waals surface area contributed by atoms with Gasteiger partial charge < -0.3 is 9.84 Å². The molecule has 2 aliphatic rings. The molecular weight excluding hydrogens is 218 g/mol. The Bertz CT molecular complexity index is 295. The number of hydrogen-bond acceptors (Lipinski definition) is 3. The second-order valence-electron chi connectivity index (χ2n) is 6.08. The average Bonchev–Trinajstić information content (AvgIpc) is 2.59. The van der Waals surface area contributed by atoms with Gasteiger partial charge in [0.25, 0.3) is 0 Å². The lowest BCUT2D eigenvalue weighted by Gasteiger charge is -2.41. The number of nitrogens with zero attached hydrogens (tertiary/aromatic N) is 1. The molecule has 2 heterocycles. The van der Waals surface area contributed by atoms with E-state index in [4.69, 9.17) is 4.74 Å². The molecule has 0 saturated carbocycles. The van der Waals surface area contributed by atoms with Gasteiger partial charge in [0.05, 0.1) is 6.61 Å². The van der Waals surface area contributed by atoms with Gasteiger partial charge in [-0.15, -0.1) is 0 Å². The highest BCUT2D eigenvalue weighted by Crippen LogP contribution is 2.36. The van der Waals surface area contributed by atoms with Crippen LogP contribution in [0.1, 0.15) is 39.5 Å².